The second-order valence-electron chi connectivity index (χ2n) is 11.2. The molecule has 1 aliphatic heterocycles. The number of rotatable bonds is 5. The molecule has 0 bridgehead atoms. The lowest BCUT2D eigenvalue weighted by molar-refractivity contribution is 0.0472. The summed E-state index contributed by atoms with van der Waals surface area (Å²) in [5.41, 5.74) is 1.32. The fraction of sp³-hybridized carbons (Fsp3) is 0.538. The summed E-state index contributed by atoms with van der Waals surface area (Å²) in [6, 6.07) is 8.93. The van der Waals surface area contributed by atoms with Gasteiger partial charge in [-0.05, 0) is 55.6 Å². The van der Waals surface area contributed by atoms with Crippen molar-refractivity contribution in [2.75, 3.05) is 21.4 Å². The lowest BCUT2D eigenvalue weighted by Gasteiger charge is -2.51. The van der Waals surface area contributed by atoms with E-state index < -0.39 is 0 Å². The molecule has 4 rings (SSSR count). The Morgan fingerprint density at radius 2 is 2.08 bits per heavy atom. The van der Waals surface area contributed by atoms with Gasteiger partial charge < -0.3 is 4.53 Å². The molecule has 3 atom stereocenters. The van der Waals surface area contributed by atoms with Crippen molar-refractivity contribution >= 4 is 45.6 Å². The van der Waals surface area contributed by atoms with Crippen LogP contribution in [0.25, 0.3) is 0 Å². The van der Waals surface area contributed by atoms with Crippen LogP contribution in [0.3, 0.4) is 0 Å². The van der Waals surface area contributed by atoms with Gasteiger partial charge in [0, 0.05) is 11.8 Å². The minimum absolute atomic E-state index is 0.133. The van der Waals surface area contributed by atoms with Crippen LogP contribution in [0, 0.1) is 28.6 Å². The molecule has 1 saturated carbocycles. The van der Waals surface area contributed by atoms with Gasteiger partial charge in [0.15, 0.2) is 10.5 Å². The highest BCUT2D eigenvalue weighted by molar-refractivity contribution is 6.34. The van der Waals surface area contributed by atoms with E-state index in [-0.39, 0.29) is 30.1 Å². The van der Waals surface area contributed by atoms with Gasteiger partial charge in [-0.2, -0.15) is 10.2 Å². The molecule has 0 saturated heterocycles. The summed E-state index contributed by atoms with van der Waals surface area (Å²) in [5.74, 6) is 1.87. The van der Waals surface area contributed by atoms with Gasteiger partial charge in [0.25, 0.3) is 5.95 Å². The van der Waals surface area contributed by atoms with E-state index in [9.17, 15) is 10.1 Å². The first-order valence-electron chi connectivity index (χ1n) is 12.4. The molecule has 2 aliphatic rings. The largest absolute Gasteiger partial charge is 0.331 e. The van der Waals surface area contributed by atoms with Gasteiger partial charge in [-0.1, -0.05) is 51.4 Å². The number of para-hydroxylation sites is 1. The zero-order chi connectivity index (χ0) is 26.3. The number of benzene rings is 1. The van der Waals surface area contributed by atoms with Crippen LogP contribution in [0.2, 0.25) is 5.02 Å². The number of amides is 2. The smallest absolute Gasteiger partial charge is 0.328 e. The maximum absolute atomic E-state index is 13.5. The van der Waals surface area contributed by atoms with Crippen LogP contribution in [0.4, 0.5) is 22.2 Å². The van der Waals surface area contributed by atoms with Gasteiger partial charge in [-0.15, -0.1) is 0 Å². The third kappa shape index (κ3) is 4.70. The Labute approximate surface area is 221 Å². The third-order valence-corrected chi connectivity index (χ3v) is 8.68. The number of aromatic nitrogens is 2. The van der Waals surface area contributed by atoms with E-state index in [0.717, 1.165) is 24.8 Å². The Morgan fingerprint density at radius 1 is 1.36 bits per heavy atom. The first-order chi connectivity index (χ1) is 17.0. The van der Waals surface area contributed by atoms with Crippen LogP contribution in [0.5, 0.6) is 0 Å². The van der Waals surface area contributed by atoms with Crippen molar-refractivity contribution in [3.8, 4) is 6.07 Å². The fourth-order valence-electron chi connectivity index (χ4n) is 5.50. The second-order valence-corrected chi connectivity index (χ2v) is 11.9. The van der Waals surface area contributed by atoms with Crippen LogP contribution < -0.4 is 14.9 Å². The van der Waals surface area contributed by atoms with Crippen molar-refractivity contribution in [3.05, 3.63) is 41.0 Å². The Balaban J connectivity index is 1.69. The molecular weight excluding hydrogens is 492 g/mol. The topological polar surface area (TPSA) is 85.6 Å². The third-order valence-electron chi connectivity index (χ3n) is 8.00. The molecule has 1 aromatic heterocycles. The first-order valence-corrected chi connectivity index (χ1v) is 13.6. The minimum Gasteiger partial charge on any atom is -0.328 e. The molecule has 1 aliphatic carbocycles. The summed E-state index contributed by atoms with van der Waals surface area (Å²) in [5, 5.41) is 11.8. The molecule has 0 N–H and O–H groups in total. The molecular formula is C26H35ClN6O2Si. The number of hydroxylamine groups is 1. The average molecular weight is 527 g/mol. The maximum Gasteiger partial charge on any atom is 0.331 e. The summed E-state index contributed by atoms with van der Waals surface area (Å²) in [4.78, 5) is 25.9. The van der Waals surface area contributed by atoms with Crippen LogP contribution in [-0.4, -0.2) is 38.6 Å². The molecule has 2 amide bonds. The number of urea groups is 1. The Hall–Kier alpha value is -2.67. The quantitative estimate of drug-likeness (QED) is 0.314. The number of carbonyl (C=O) groups is 1. The molecule has 2 heterocycles. The van der Waals surface area contributed by atoms with Crippen LogP contribution in [-0.2, 0) is 11.1 Å². The van der Waals surface area contributed by atoms with Gasteiger partial charge in [0.1, 0.15) is 12.4 Å². The summed E-state index contributed by atoms with van der Waals surface area (Å²) in [6.45, 7) is 11.6. The number of anilines is 3. The van der Waals surface area contributed by atoms with Crippen molar-refractivity contribution in [1.29, 1.82) is 5.26 Å². The van der Waals surface area contributed by atoms with Gasteiger partial charge in [-0.25, -0.2) is 14.8 Å². The molecule has 36 heavy (non-hydrogen) atoms. The summed E-state index contributed by atoms with van der Waals surface area (Å²) < 4.78 is 6.04. The van der Waals surface area contributed by atoms with Gasteiger partial charge >= 0.3 is 6.03 Å². The van der Waals surface area contributed by atoms with Crippen molar-refractivity contribution in [1.82, 2.24) is 9.97 Å². The van der Waals surface area contributed by atoms with Crippen molar-refractivity contribution < 1.29 is 9.32 Å². The van der Waals surface area contributed by atoms with Crippen molar-refractivity contribution in [2.24, 2.45) is 17.3 Å². The van der Waals surface area contributed by atoms with E-state index in [1.165, 1.54) is 4.90 Å². The van der Waals surface area contributed by atoms with E-state index >= 15 is 0 Å². The van der Waals surface area contributed by atoms with Crippen LogP contribution in [0.15, 0.2) is 30.5 Å². The highest BCUT2D eigenvalue weighted by Crippen LogP contribution is 2.47. The Kier molecular flexibility index (Phi) is 7.33. The number of hydrogen-bond donors (Lipinski definition) is 0. The van der Waals surface area contributed by atoms with Gasteiger partial charge in [-0.3, -0.25) is 9.80 Å². The molecule has 192 valence electrons. The average Bonchev–Trinajstić information content (AvgIpc) is 2.83. The molecule has 1 aromatic carbocycles. The van der Waals surface area contributed by atoms with Gasteiger partial charge in [0.2, 0.25) is 0 Å². The number of fused-ring (bicyclic) bond motifs is 1. The monoisotopic (exact) mass is 526 g/mol. The highest BCUT2D eigenvalue weighted by Gasteiger charge is 2.46. The molecule has 10 heteroatoms. The van der Waals surface area contributed by atoms with E-state index in [2.05, 4.69) is 45.7 Å². The Bertz CT molecular complexity index is 1180. The van der Waals surface area contributed by atoms with Crippen LogP contribution >= 0.6 is 11.6 Å². The van der Waals surface area contributed by atoms with Crippen molar-refractivity contribution in [3.63, 3.8) is 0 Å². The SMILES string of the molecule is C[C@H]1C[C@H](C(C)(C)C)CCC1(C)N(O[SiH3])c1ncc2c(n1)N(CC#N)C(=O)N(c1ccccc1Cl)C2. The zero-order valence-corrected chi connectivity index (χ0v) is 24.7. The number of hydrogen-bond acceptors (Lipinski definition) is 6. The predicted octanol–water partition coefficient (Wildman–Crippen LogP) is 4.86. The lowest BCUT2D eigenvalue weighted by atomic mass is 9.63. The molecule has 1 unspecified atom stereocenters. The van der Waals surface area contributed by atoms with Gasteiger partial charge in [0.05, 0.1) is 28.9 Å². The number of carbonyl (C=O) groups excluding carboxylic acids is 1. The molecule has 1 fully saturated rings. The summed E-state index contributed by atoms with van der Waals surface area (Å²) in [7, 11) is 0.474. The second kappa shape index (κ2) is 10.00. The molecule has 0 radical (unpaired) electrons. The van der Waals surface area contributed by atoms with E-state index in [0.29, 0.717) is 44.8 Å². The molecule has 8 nitrogen and oxygen atoms in total. The normalized spacial score (nSPS) is 24.4. The predicted molar refractivity (Wildman–Crippen MR) is 146 cm³/mol. The number of nitrogens with zero attached hydrogens (tertiary/aromatic N) is 6. The lowest BCUT2D eigenvalue weighted by Crippen LogP contribution is -2.55. The fourth-order valence-corrected chi connectivity index (χ4v) is 6.31. The van der Waals surface area contributed by atoms with E-state index in [1.54, 1.807) is 23.2 Å². The summed E-state index contributed by atoms with van der Waals surface area (Å²) >= 11 is 6.39. The summed E-state index contributed by atoms with van der Waals surface area (Å²) in [6.07, 6.45) is 4.89. The molecule has 0 spiro atoms. The van der Waals surface area contributed by atoms with Crippen molar-refractivity contribution in [2.45, 2.75) is 66.0 Å². The molecule has 2 aromatic rings. The number of halogens is 1. The standard InChI is InChI=1S/C26H35ClN6O2Si/c1-17-14-19(25(2,3)4)10-11-26(17,5)33(35-36)23-29-15-18-16-32(21-9-7-6-8-20(21)27)24(34)31(13-12-28)22(18)30-23/h6-9,15,17,19H,10-11,13-14,16H2,1-5,36H3/t17-,19+,26?/m0/s1. The highest BCUT2D eigenvalue weighted by atomic mass is 35.5. The minimum atomic E-state index is -0.342. The van der Waals surface area contributed by atoms with E-state index in [1.807, 2.05) is 17.2 Å². The first kappa shape index (κ1) is 26.4. The number of nitriles is 1. The Morgan fingerprint density at radius 3 is 2.69 bits per heavy atom. The van der Waals surface area contributed by atoms with E-state index in [4.69, 9.17) is 21.1 Å². The maximum atomic E-state index is 13.5. The van der Waals surface area contributed by atoms with Crippen LogP contribution in [0.1, 0.15) is 59.4 Å². The zero-order valence-electron chi connectivity index (χ0n) is 22.0.